The van der Waals surface area contributed by atoms with Crippen LogP contribution < -0.4 is 10.6 Å². The summed E-state index contributed by atoms with van der Waals surface area (Å²) in [5.74, 6) is -1.39. The van der Waals surface area contributed by atoms with Gasteiger partial charge in [-0.1, -0.05) is 15.9 Å². The van der Waals surface area contributed by atoms with Crippen LogP contribution in [0.2, 0.25) is 0 Å². The molecular formula is C12H11BrN2O5S. The SMILES string of the molecule is O=C(Nc1ccc(Br)cc1C(=O)O)NC1C=CS(=O)(=O)C1. The standard InChI is InChI=1S/C12H11BrN2O5S/c13-7-1-2-10(9(5-7)11(16)17)15-12(18)14-8-3-4-21(19,20)6-8/h1-5,8H,6H2,(H,16,17)(H2,14,15,18). The second-order valence-corrected chi connectivity index (χ2v) is 7.20. The highest BCUT2D eigenvalue weighted by Gasteiger charge is 2.23. The number of hydrogen-bond donors (Lipinski definition) is 3. The average molecular weight is 375 g/mol. The largest absolute Gasteiger partial charge is 0.478 e. The summed E-state index contributed by atoms with van der Waals surface area (Å²) in [6.45, 7) is 0. The first-order valence-electron chi connectivity index (χ1n) is 5.78. The highest BCUT2D eigenvalue weighted by molar-refractivity contribution is 9.10. The smallest absolute Gasteiger partial charge is 0.337 e. The van der Waals surface area contributed by atoms with Crippen LogP contribution in [-0.4, -0.2) is 37.3 Å². The van der Waals surface area contributed by atoms with Gasteiger partial charge in [-0.3, -0.25) is 0 Å². The molecule has 3 N–H and O–H groups in total. The van der Waals surface area contributed by atoms with Gasteiger partial charge >= 0.3 is 12.0 Å². The van der Waals surface area contributed by atoms with E-state index in [1.165, 1.54) is 18.2 Å². The fourth-order valence-electron chi connectivity index (χ4n) is 1.79. The van der Waals surface area contributed by atoms with Gasteiger partial charge < -0.3 is 15.7 Å². The number of halogens is 1. The zero-order chi connectivity index (χ0) is 15.6. The van der Waals surface area contributed by atoms with Crippen molar-refractivity contribution in [2.45, 2.75) is 6.04 Å². The summed E-state index contributed by atoms with van der Waals surface area (Å²) < 4.78 is 23.0. The van der Waals surface area contributed by atoms with E-state index in [0.717, 1.165) is 5.41 Å². The number of carbonyl (C=O) groups excluding carboxylic acids is 1. The molecule has 21 heavy (non-hydrogen) atoms. The molecule has 112 valence electrons. The lowest BCUT2D eigenvalue weighted by Gasteiger charge is -2.13. The van der Waals surface area contributed by atoms with Crippen LogP contribution in [0.4, 0.5) is 10.5 Å². The van der Waals surface area contributed by atoms with Crippen LogP contribution in [0.3, 0.4) is 0 Å². The van der Waals surface area contributed by atoms with E-state index in [1.54, 1.807) is 6.07 Å². The van der Waals surface area contributed by atoms with Gasteiger partial charge in [0.2, 0.25) is 0 Å². The van der Waals surface area contributed by atoms with E-state index in [0.29, 0.717) is 4.47 Å². The topological polar surface area (TPSA) is 113 Å². The van der Waals surface area contributed by atoms with Crippen LogP contribution in [0.25, 0.3) is 0 Å². The van der Waals surface area contributed by atoms with Crippen LogP contribution in [-0.2, 0) is 9.84 Å². The van der Waals surface area contributed by atoms with E-state index in [4.69, 9.17) is 5.11 Å². The minimum atomic E-state index is -3.26. The Bertz CT molecular complexity index is 729. The van der Waals surface area contributed by atoms with Gasteiger partial charge in [0, 0.05) is 9.88 Å². The third-order valence-corrected chi connectivity index (χ3v) is 4.60. The number of carboxylic acids is 1. The molecule has 1 heterocycles. The van der Waals surface area contributed by atoms with Gasteiger partial charge in [0.1, 0.15) is 0 Å². The number of rotatable bonds is 3. The highest BCUT2D eigenvalue weighted by Crippen LogP contribution is 2.21. The van der Waals surface area contributed by atoms with Crippen LogP contribution in [0.1, 0.15) is 10.4 Å². The Hall–Kier alpha value is -1.87. The first kappa shape index (κ1) is 15.5. The molecule has 0 saturated heterocycles. The van der Waals surface area contributed by atoms with Crippen molar-refractivity contribution in [3.63, 3.8) is 0 Å². The molecule has 1 atom stereocenters. The maximum atomic E-state index is 11.8. The molecule has 1 unspecified atom stereocenters. The van der Waals surface area contributed by atoms with Crippen LogP contribution >= 0.6 is 15.9 Å². The first-order chi connectivity index (χ1) is 9.77. The lowest BCUT2D eigenvalue weighted by molar-refractivity contribution is 0.0698. The highest BCUT2D eigenvalue weighted by atomic mass is 79.9. The number of benzene rings is 1. The second-order valence-electron chi connectivity index (χ2n) is 4.36. The normalized spacial score (nSPS) is 19.2. The van der Waals surface area contributed by atoms with E-state index in [2.05, 4.69) is 26.6 Å². The summed E-state index contributed by atoms with van der Waals surface area (Å²) in [6, 6.07) is 3.08. The molecule has 0 spiro atoms. The van der Waals surface area contributed by atoms with Gasteiger partial charge in [-0.15, -0.1) is 0 Å². The molecule has 0 fully saturated rings. The number of carboxylic acid groups (broad SMARTS) is 1. The van der Waals surface area contributed by atoms with Crippen molar-refractivity contribution < 1.29 is 23.1 Å². The van der Waals surface area contributed by atoms with Gasteiger partial charge in [0.05, 0.1) is 23.0 Å². The number of hydrogen-bond acceptors (Lipinski definition) is 4. The van der Waals surface area contributed by atoms with Crippen molar-refractivity contribution in [1.82, 2.24) is 5.32 Å². The molecule has 0 saturated carbocycles. The molecule has 0 bridgehead atoms. The van der Waals surface area contributed by atoms with E-state index >= 15 is 0 Å². The Morgan fingerprint density at radius 2 is 2.05 bits per heavy atom. The summed E-state index contributed by atoms with van der Waals surface area (Å²) in [7, 11) is -3.26. The number of aromatic carboxylic acids is 1. The average Bonchev–Trinajstić information content (AvgIpc) is 2.70. The molecule has 9 heteroatoms. The molecule has 2 amide bonds. The summed E-state index contributed by atoms with van der Waals surface area (Å²) >= 11 is 3.15. The first-order valence-corrected chi connectivity index (χ1v) is 8.29. The number of anilines is 1. The van der Waals surface area contributed by atoms with Crippen LogP contribution in [0, 0.1) is 0 Å². The van der Waals surface area contributed by atoms with Crippen molar-refractivity contribution >= 4 is 43.5 Å². The van der Waals surface area contributed by atoms with Crippen molar-refractivity contribution in [2.75, 3.05) is 11.1 Å². The Morgan fingerprint density at radius 1 is 1.33 bits per heavy atom. The second kappa shape index (κ2) is 5.86. The lowest BCUT2D eigenvalue weighted by Crippen LogP contribution is -2.38. The molecular weight excluding hydrogens is 364 g/mol. The predicted octanol–water partition coefficient (Wildman–Crippen LogP) is 1.58. The van der Waals surface area contributed by atoms with Crippen molar-refractivity contribution in [1.29, 1.82) is 0 Å². The molecule has 0 aliphatic carbocycles. The van der Waals surface area contributed by atoms with Gasteiger partial charge in [0.15, 0.2) is 9.84 Å². The number of carbonyl (C=O) groups is 2. The monoisotopic (exact) mass is 374 g/mol. The summed E-state index contributed by atoms with van der Waals surface area (Å²) in [5.41, 5.74) is 0.0437. The van der Waals surface area contributed by atoms with Crippen molar-refractivity contribution in [3.8, 4) is 0 Å². The van der Waals surface area contributed by atoms with E-state index in [1.807, 2.05) is 0 Å². The third kappa shape index (κ3) is 4.05. The maximum absolute atomic E-state index is 11.8. The van der Waals surface area contributed by atoms with Crippen molar-refractivity contribution in [3.05, 3.63) is 39.7 Å². The van der Waals surface area contributed by atoms with Gasteiger partial charge in [-0.05, 0) is 24.3 Å². The lowest BCUT2D eigenvalue weighted by atomic mass is 10.2. The fraction of sp³-hybridized carbons (Fsp3) is 0.167. The van der Waals surface area contributed by atoms with E-state index < -0.39 is 27.9 Å². The van der Waals surface area contributed by atoms with E-state index in [9.17, 15) is 18.0 Å². The molecule has 0 radical (unpaired) electrons. The quantitative estimate of drug-likeness (QED) is 0.743. The minimum absolute atomic E-state index is 0.0749. The van der Waals surface area contributed by atoms with Gasteiger partial charge in [0.25, 0.3) is 0 Å². The summed E-state index contributed by atoms with van der Waals surface area (Å²) in [4.78, 5) is 22.9. The Kier molecular flexibility index (Phi) is 4.33. The number of amides is 2. The molecule has 1 aliphatic rings. The van der Waals surface area contributed by atoms with Gasteiger partial charge in [-0.2, -0.15) is 0 Å². The molecule has 7 nitrogen and oxygen atoms in total. The number of urea groups is 1. The van der Waals surface area contributed by atoms with Crippen LogP contribution in [0.15, 0.2) is 34.2 Å². The molecule has 1 aromatic rings. The molecule has 1 aromatic carbocycles. The van der Waals surface area contributed by atoms with Gasteiger partial charge in [-0.25, -0.2) is 18.0 Å². The summed E-state index contributed by atoms with van der Waals surface area (Å²) in [6.07, 6.45) is 1.37. The minimum Gasteiger partial charge on any atom is -0.478 e. The summed E-state index contributed by atoms with van der Waals surface area (Å²) in [5, 5.41) is 15.0. The molecule has 0 aromatic heterocycles. The predicted molar refractivity (Wildman–Crippen MR) is 80.0 cm³/mol. The number of sulfone groups is 1. The Morgan fingerprint density at radius 3 is 2.62 bits per heavy atom. The van der Waals surface area contributed by atoms with Crippen LogP contribution in [0.5, 0.6) is 0 Å². The Balaban J connectivity index is 2.07. The van der Waals surface area contributed by atoms with Crippen molar-refractivity contribution in [2.24, 2.45) is 0 Å². The maximum Gasteiger partial charge on any atom is 0.337 e. The zero-order valence-electron chi connectivity index (χ0n) is 10.5. The zero-order valence-corrected chi connectivity index (χ0v) is 12.9. The molecule has 1 aliphatic heterocycles. The third-order valence-electron chi connectivity index (χ3n) is 2.71. The Labute approximate surface area is 129 Å². The number of nitrogens with one attached hydrogen (secondary N) is 2. The van der Waals surface area contributed by atoms with E-state index in [-0.39, 0.29) is 17.0 Å². The fourth-order valence-corrected chi connectivity index (χ4v) is 3.39. The molecule has 2 rings (SSSR count).